The topological polar surface area (TPSA) is 109 Å². The van der Waals surface area contributed by atoms with Gasteiger partial charge in [0.15, 0.2) is 0 Å². The molecule has 0 radical (unpaired) electrons. The summed E-state index contributed by atoms with van der Waals surface area (Å²) in [5.41, 5.74) is 1.07. The van der Waals surface area contributed by atoms with Gasteiger partial charge in [-0.25, -0.2) is 14.4 Å². The zero-order valence-corrected chi connectivity index (χ0v) is 17.7. The summed E-state index contributed by atoms with van der Waals surface area (Å²) in [7, 11) is 1.27. The molecular weight excluding hydrogens is 388 g/mol. The Balaban J connectivity index is 1.56. The Kier molecular flexibility index (Phi) is 6.28. The van der Waals surface area contributed by atoms with Crippen LogP contribution in [0.25, 0.3) is 0 Å². The highest BCUT2D eigenvalue weighted by molar-refractivity contribution is 5.90. The van der Waals surface area contributed by atoms with Crippen molar-refractivity contribution in [1.29, 1.82) is 0 Å². The van der Waals surface area contributed by atoms with E-state index in [1.807, 2.05) is 30.5 Å². The lowest BCUT2D eigenvalue weighted by Gasteiger charge is -2.38. The molecule has 2 aliphatic heterocycles. The number of urea groups is 1. The number of ether oxygens (including phenoxy) is 2. The van der Waals surface area contributed by atoms with Crippen LogP contribution in [0.2, 0.25) is 0 Å². The van der Waals surface area contributed by atoms with E-state index in [9.17, 15) is 14.4 Å². The number of esters is 1. The minimum atomic E-state index is -0.818. The Morgan fingerprint density at radius 2 is 1.83 bits per heavy atom. The van der Waals surface area contributed by atoms with Crippen molar-refractivity contribution in [1.82, 2.24) is 10.2 Å². The van der Waals surface area contributed by atoms with Crippen LogP contribution in [-0.2, 0) is 14.3 Å². The minimum absolute atomic E-state index is 0.165. The number of methoxy groups -OCH3 is 1. The molecule has 162 valence electrons. The van der Waals surface area contributed by atoms with E-state index in [2.05, 4.69) is 15.6 Å². The van der Waals surface area contributed by atoms with Crippen LogP contribution in [0.3, 0.4) is 0 Å². The summed E-state index contributed by atoms with van der Waals surface area (Å²) in [6.07, 6.45) is 2.03. The standard InChI is InChI=1S/C21H28N4O5/c1-21(2,3)30-20(28)25-10-9-15(11-17(25)18(26)29-4)24-19(27)23-14-7-5-13(6-8-14)16-12-22-16/h5-8,12,15-17H,9-11H2,1-4H3,(H2,23,24,27)/t15-,16?,17-/m1/s1. The third-order valence-electron chi connectivity index (χ3n) is 4.85. The lowest BCUT2D eigenvalue weighted by atomic mass is 9.97. The molecule has 0 saturated carbocycles. The highest BCUT2D eigenvalue weighted by Gasteiger charge is 2.39. The number of nitrogens with zero attached hydrogens (tertiary/aromatic N) is 2. The van der Waals surface area contributed by atoms with Gasteiger partial charge in [-0.15, -0.1) is 0 Å². The first-order chi connectivity index (χ1) is 14.2. The van der Waals surface area contributed by atoms with Gasteiger partial charge in [0, 0.05) is 24.5 Å². The number of hydrogen-bond donors (Lipinski definition) is 2. The molecule has 9 heteroatoms. The van der Waals surface area contributed by atoms with Gasteiger partial charge in [0.1, 0.15) is 17.7 Å². The second-order valence-electron chi connectivity index (χ2n) is 8.40. The van der Waals surface area contributed by atoms with Gasteiger partial charge in [-0.2, -0.15) is 0 Å². The van der Waals surface area contributed by atoms with E-state index in [4.69, 9.17) is 9.47 Å². The van der Waals surface area contributed by atoms with E-state index in [0.717, 1.165) is 5.56 Å². The number of nitrogens with one attached hydrogen (secondary N) is 2. The number of carbonyl (C=O) groups is 3. The van der Waals surface area contributed by atoms with Crippen molar-refractivity contribution in [3.8, 4) is 0 Å². The van der Waals surface area contributed by atoms with Crippen molar-refractivity contribution >= 4 is 30.0 Å². The second-order valence-corrected chi connectivity index (χ2v) is 8.40. The van der Waals surface area contributed by atoms with Gasteiger partial charge in [-0.3, -0.25) is 9.89 Å². The fourth-order valence-corrected chi connectivity index (χ4v) is 3.33. The molecule has 2 N–H and O–H groups in total. The molecule has 3 rings (SSSR count). The van der Waals surface area contributed by atoms with Crippen LogP contribution in [0.5, 0.6) is 0 Å². The number of rotatable bonds is 4. The maximum Gasteiger partial charge on any atom is 0.411 e. The highest BCUT2D eigenvalue weighted by atomic mass is 16.6. The van der Waals surface area contributed by atoms with E-state index >= 15 is 0 Å². The van der Waals surface area contributed by atoms with E-state index in [1.54, 1.807) is 20.8 Å². The molecular formula is C21H28N4O5. The molecule has 1 unspecified atom stereocenters. The van der Waals surface area contributed by atoms with Crippen LogP contribution < -0.4 is 10.6 Å². The third kappa shape index (κ3) is 5.71. The van der Waals surface area contributed by atoms with Crippen LogP contribution in [0.4, 0.5) is 15.3 Å². The van der Waals surface area contributed by atoms with Crippen molar-refractivity contribution in [3.05, 3.63) is 29.8 Å². The SMILES string of the molecule is COC(=O)[C@H]1C[C@H](NC(=O)Nc2ccc(C3C=N3)cc2)CCN1C(=O)OC(C)(C)C. The van der Waals surface area contributed by atoms with Gasteiger partial charge >= 0.3 is 18.1 Å². The molecule has 2 aliphatic rings. The average molecular weight is 416 g/mol. The monoisotopic (exact) mass is 416 g/mol. The van der Waals surface area contributed by atoms with Crippen molar-refractivity contribution in [2.24, 2.45) is 4.99 Å². The number of anilines is 1. The van der Waals surface area contributed by atoms with Crippen molar-refractivity contribution in [3.63, 3.8) is 0 Å². The van der Waals surface area contributed by atoms with Gasteiger partial charge in [-0.05, 0) is 51.3 Å². The zero-order valence-electron chi connectivity index (χ0n) is 17.7. The first kappa shape index (κ1) is 21.6. The molecule has 1 aromatic carbocycles. The summed E-state index contributed by atoms with van der Waals surface area (Å²) in [4.78, 5) is 42.6. The second kappa shape index (κ2) is 8.73. The number of benzene rings is 1. The highest BCUT2D eigenvalue weighted by Crippen LogP contribution is 2.25. The molecule has 0 aromatic heterocycles. The molecule has 0 spiro atoms. The summed E-state index contributed by atoms with van der Waals surface area (Å²) in [5.74, 6) is -0.536. The molecule has 0 aliphatic carbocycles. The first-order valence-corrected chi connectivity index (χ1v) is 9.94. The van der Waals surface area contributed by atoms with E-state index in [-0.39, 0.29) is 31.1 Å². The van der Waals surface area contributed by atoms with E-state index in [1.165, 1.54) is 12.0 Å². The number of piperidine rings is 1. The molecule has 1 aromatic rings. The Labute approximate surface area is 175 Å². The van der Waals surface area contributed by atoms with Crippen molar-refractivity contribution in [2.75, 3.05) is 19.0 Å². The fraction of sp³-hybridized carbons (Fsp3) is 0.524. The number of amides is 3. The van der Waals surface area contributed by atoms with Gasteiger partial charge in [-0.1, -0.05) is 12.1 Å². The van der Waals surface area contributed by atoms with Crippen LogP contribution >= 0.6 is 0 Å². The maximum atomic E-state index is 12.5. The minimum Gasteiger partial charge on any atom is -0.467 e. The van der Waals surface area contributed by atoms with Crippen LogP contribution in [0.15, 0.2) is 29.3 Å². The average Bonchev–Trinajstić information content (AvgIpc) is 3.51. The molecule has 1 saturated heterocycles. The van der Waals surface area contributed by atoms with Gasteiger partial charge in [0.05, 0.1) is 7.11 Å². The molecule has 3 atom stereocenters. The smallest absolute Gasteiger partial charge is 0.411 e. The summed E-state index contributed by atoms with van der Waals surface area (Å²) < 4.78 is 10.3. The van der Waals surface area contributed by atoms with Gasteiger partial charge < -0.3 is 20.1 Å². The summed E-state index contributed by atoms with van der Waals surface area (Å²) in [5, 5.41) is 5.66. The predicted molar refractivity (Wildman–Crippen MR) is 112 cm³/mol. The maximum absolute atomic E-state index is 12.5. The zero-order chi connectivity index (χ0) is 21.9. The molecule has 9 nitrogen and oxygen atoms in total. The molecule has 1 fully saturated rings. The quantitative estimate of drug-likeness (QED) is 0.734. The van der Waals surface area contributed by atoms with E-state index in [0.29, 0.717) is 12.1 Å². The first-order valence-electron chi connectivity index (χ1n) is 9.94. The van der Waals surface area contributed by atoms with Crippen LogP contribution in [0.1, 0.15) is 45.2 Å². The van der Waals surface area contributed by atoms with Gasteiger partial charge in [0.2, 0.25) is 0 Å². The Morgan fingerprint density at radius 3 is 2.40 bits per heavy atom. The fourth-order valence-electron chi connectivity index (χ4n) is 3.33. The molecule has 3 amide bonds. The number of carbonyl (C=O) groups excluding carboxylic acids is 3. The number of hydrogen-bond acceptors (Lipinski definition) is 6. The largest absolute Gasteiger partial charge is 0.467 e. The normalized spacial score (nSPS) is 22.8. The Morgan fingerprint density at radius 1 is 1.17 bits per heavy atom. The summed E-state index contributed by atoms with van der Waals surface area (Å²) in [6, 6.07) is 6.16. The van der Waals surface area contributed by atoms with Gasteiger partial charge in [0.25, 0.3) is 0 Å². The van der Waals surface area contributed by atoms with Crippen LogP contribution in [0, 0.1) is 0 Å². The number of likely N-dealkylation sites (tertiary alicyclic amines) is 1. The van der Waals surface area contributed by atoms with Crippen molar-refractivity contribution < 1.29 is 23.9 Å². The Bertz CT molecular complexity index is 825. The number of aliphatic imine (C=N–C) groups is 1. The summed E-state index contributed by atoms with van der Waals surface area (Å²) in [6.45, 7) is 5.57. The lowest BCUT2D eigenvalue weighted by molar-refractivity contribution is -0.148. The van der Waals surface area contributed by atoms with Crippen LogP contribution in [-0.4, -0.2) is 60.5 Å². The molecule has 2 heterocycles. The molecule has 30 heavy (non-hydrogen) atoms. The Hall–Kier alpha value is -3.10. The lowest BCUT2D eigenvalue weighted by Crippen LogP contribution is -2.56. The predicted octanol–water partition coefficient (Wildman–Crippen LogP) is 2.87. The van der Waals surface area contributed by atoms with E-state index < -0.39 is 23.7 Å². The summed E-state index contributed by atoms with van der Waals surface area (Å²) >= 11 is 0. The third-order valence-corrected chi connectivity index (χ3v) is 4.85. The molecule has 0 bridgehead atoms. The van der Waals surface area contributed by atoms with Crippen molar-refractivity contribution in [2.45, 2.75) is 57.3 Å².